The molecule has 0 bridgehead atoms. The normalized spacial score (nSPS) is 52.0. The predicted octanol–water partition coefficient (Wildman–Crippen LogP) is -9.36. The lowest BCUT2D eigenvalue weighted by Gasteiger charge is -2.50. The SMILES string of the molecule is CO[C@H]1OC(CN)[C@@H](O[C@H]2OC(CN)[C@@H](O[C@H]3OC(CN)[C@@H](O[C@H]4OC(CN)[C@@H](O)C(O)C4N)C(O)C3N)C(O)C2N)C(O)C1N. The smallest absolute Gasteiger partial charge is 0.176 e. The maximum absolute atomic E-state index is 11.2. The molecule has 4 saturated heterocycles. The van der Waals surface area contributed by atoms with E-state index in [0.29, 0.717) is 0 Å². The summed E-state index contributed by atoms with van der Waals surface area (Å²) in [5.74, 6) is 0. The van der Waals surface area contributed by atoms with Gasteiger partial charge in [-0.3, -0.25) is 0 Å². The lowest BCUT2D eigenvalue weighted by Crippen LogP contribution is -2.70. The number of methoxy groups -OCH3 is 1. The third-order valence-electron chi connectivity index (χ3n) is 8.95. The second-order valence-electron chi connectivity index (χ2n) is 11.9. The summed E-state index contributed by atoms with van der Waals surface area (Å²) < 4.78 is 46.3. The number of ether oxygens (including phenoxy) is 8. The van der Waals surface area contributed by atoms with Crippen LogP contribution in [-0.4, -0.2) is 181 Å². The summed E-state index contributed by atoms with van der Waals surface area (Å²) >= 11 is 0. The Kier molecular flexibility index (Phi) is 13.4. The number of hydrogen-bond donors (Lipinski definition) is 13. The standard InChI is InChI=1S/C25H52N8O13/c1-39-22-11(31)16(36)19(7(3-27)41-22)45-24-13(33)18(38)21(9(5-29)43-24)46-25-12(32)17(37)20(8(4-28)42-25)44-23-10(30)15(35)14(34)6(2-26)40-23/h6-25,34-38H,2-5,26-33H2,1H3/t6?,7?,8?,9?,10?,11?,12?,13?,14-,15?,16?,17?,18?,19-,20-,21-,22+,23-,24-,25-/m1/s1. The molecule has 0 saturated carbocycles. The lowest BCUT2D eigenvalue weighted by atomic mass is 9.93. The third kappa shape index (κ3) is 7.50. The van der Waals surface area contributed by atoms with Crippen molar-refractivity contribution in [3.8, 4) is 0 Å². The van der Waals surface area contributed by atoms with Crippen LogP contribution in [0.3, 0.4) is 0 Å². The van der Waals surface area contributed by atoms with E-state index in [4.69, 9.17) is 83.8 Å². The number of aliphatic hydroxyl groups excluding tert-OH is 5. The second-order valence-corrected chi connectivity index (χ2v) is 11.9. The molecule has 0 aromatic carbocycles. The molecule has 0 amide bonds. The quantitative estimate of drug-likeness (QED) is 0.0968. The molecule has 0 aromatic heterocycles. The van der Waals surface area contributed by atoms with Crippen LogP contribution < -0.4 is 45.9 Å². The summed E-state index contributed by atoms with van der Waals surface area (Å²) in [6.07, 6.45) is -19.4. The molecule has 12 unspecified atom stereocenters. The molecule has 4 fully saturated rings. The van der Waals surface area contributed by atoms with Gasteiger partial charge in [0, 0.05) is 33.3 Å². The van der Waals surface area contributed by atoms with Crippen molar-refractivity contribution in [2.24, 2.45) is 45.9 Å². The summed E-state index contributed by atoms with van der Waals surface area (Å²) in [4.78, 5) is 0. The van der Waals surface area contributed by atoms with E-state index in [1.807, 2.05) is 0 Å². The fourth-order valence-corrected chi connectivity index (χ4v) is 6.09. The van der Waals surface area contributed by atoms with Crippen LogP contribution in [-0.2, 0) is 37.9 Å². The molecular formula is C25H52N8O13. The molecule has 21 heteroatoms. The zero-order chi connectivity index (χ0) is 34.0. The monoisotopic (exact) mass is 672 g/mol. The van der Waals surface area contributed by atoms with Crippen LogP contribution in [0.1, 0.15) is 0 Å². The summed E-state index contributed by atoms with van der Waals surface area (Å²) in [6, 6.07) is -4.71. The van der Waals surface area contributed by atoms with E-state index < -0.39 is 123 Å². The molecule has 4 rings (SSSR count). The van der Waals surface area contributed by atoms with Gasteiger partial charge in [-0.1, -0.05) is 0 Å². The first-order chi connectivity index (χ1) is 21.8. The summed E-state index contributed by atoms with van der Waals surface area (Å²) in [7, 11) is 1.37. The van der Waals surface area contributed by atoms with E-state index in [-0.39, 0.29) is 26.2 Å². The molecule has 270 valence electrons. The highest BCUT2D eigenvalue weighted by atomic mass is 16.8. The second kappa shape index (κ2) is 16.2. The molecule has 20 atom stereocenters. The van der Waals surface area contributed by atoms with Crippen LogP contribution in [0.15, 0.2) is 0 Å². The zero-order valence-corrected chi connectivity index (χ0v) is 25.5. The highest BCUT2D eigenvalue weighted by molar-refractivity contribution is 5.00. The molecule has 46 heavy (non-hydrogen) atoms. The van der Waals surface area contributed by atoms with Gasteiger partial charge in [0.2, 0.25) is 0 Å². The first-order valence-electron chi connectivity index (χ1n) is 15.2. The maximum Gasteiger partial charge on any atom is 0.176 e. The Morgan fingerprint density at radius 1 is 0.435 bits per heavy atom. The Labute approximate surface area is 265 Å². The molecule has 4 aliphatic rings. The molecular weight excluding hydrogens is 620 g/mol. The van der Waals surface area contributed by atoms with Gasteiger partial charge in [-0.25, -0.2) is 0 Å². The van der Waals surface area contributed by atoms with Crippen LogP contribution in [0, 0.1) is 0 Å². The van der Waals surface area contributed by atoms with Gasteiger partial charge in [-0.15, -0.1) is 0 Å². The van der Waals surface area contributed by atoms with Crippen LogP contribution >= 0.6 is 0 Å². The van der Waals surface area contributed by atoms with Crippen molar-refractivity contribution in [1.29, 1.82) is 0 Å². The summed E-state index contributed by atoms with van der Waals surface area (Å²) in [6.45, 7) is -0.585. The fraction of sp³-hybridized carbons (Fsp3) is 1.00. The molecule has 21 nitrogen and oxygen atoms in total. The Morgan fingerprint density at radius 3 is 1.04 bits per heavy atom. The van der Waals surface area contributed by atoms with Crippen molar-refractivity contribution in [2.45, 2.75) is 123 Å². The van der Waals surface area contributed by atoms with Gasteiger partial charge in [0.25, 0.3) is 0 Å². The van der Waals surface area contributed by atoms with E-state index in [2.05, 4.69) is 0 Å². The Morgan fingerprint density at radius 2 is 0.717 bits per heavy atom. The van der Waals surface area contributed by atoms with Crippen LogP contribution in [0.4, 0.5) is 0 Å². The van der Waals surface area contributed by atoms with Gasteiger partial charge in [-0.2, -0.15) is 0 Å². The van der Waals surface area contributed by atoms with E-state index in [9.17, 15) is 25.5 Å². The highest BCUT2D eigenvalue weighted by Gasteiger charge is 2.53. The van der Waals surface area contributed by atoms with E-state index in [1.54, 1.807) is 0 Å². The zero-order valence-electron chi connectivity index (χ0n) is 25.5. The van der Waals surface area contributed by atoms with Crippen LogP contribution in [0.25, 0.3) is 0 Å². The van der Waals surface area contributed by atoms with Crippen molar-refractivity contribution < 1.29 is 63.4 Å². The molecule has 21 N–H and O–H groups in total. The van der Waals surface area contributed by atoms with Crippen molar-refractivity contribution in [2.75, 3.05) is 33.3 Å². The molecule has 0 spiro atoms. The summed E-state index contributed by atoms with van der Waals surface area (Å²) in [5, 5.41) is 53.7. The molecule has 0 aromatic rings. The first kappa shape index (κ1) is 38.0. The topological polar surface area (TPSA) is 383 Å². The van der Waals surface area contributed by atoms with Gasteiger partial charge in [0.05, 0.1) is 24.2 Å². The largest absolute Gasteiger partial charge is 0.388 e. The predicted molar refractivity (Wildman–Crippen MR) is 154 cm³/mol. The Balaban J connectivity index is 1.43. The lowest BCUT2D eigenvalue weighted by molar-refractivity contribution is -0.352. The molecule has 0 aliphatic carbocycles. The molecule has 0 radical (unpaired) electrons. The van der Waals surface area contributed by atoms with E-state index >= 15 is 0 Å². The Bertz CT molecular complexity index is 946. The van der Waals surface area contributed by atoms with Crippen molar-refractivity contribution in [1.82, 2.24) is 0 Å². The van der Waals surface area contributed by atoms with Crippen LogP contribution in [0.5, 0.6) is 0 Å². The van der Waals surface area contributed by atoms with Crippen molar-refractivity contribution in [3.05, 3.63) is 0 Å². The first-order valence-corrected chi connectivity index (χ1v) is 15.2. The van der Waals surface area contributed by atoms with Crippen molar-refractivity contribution >= 4 is 0 Å². The third-order valence-corrected chi connectivity index (χ3v) is 8.95. The minimum atomic E-state index is -1.48. The Hall–Kier alpha value is -0.840. The highest BCUT2D eigenvalue weighted by Crippen LogP contribution is 2.32. The number of aliphatic hydroxyl groups is 5. The summed E-state index contributed by atoms with van der Waals surface area (Å²) in [5.41, 5.74) is 48.0. The minimum absolute atomic E-state index is 0.0634. The van der Waals surface area contributed by atoms with Gasteiger partial charge >= 0.3 is 0 Å². The molecule has 4 aliphatic heterocycles. The van der Waals surface area contributed by atoms with Gasteiger partial charge < -0.3 is 109 Å². The number of rotatable bonds is 11. The minimum Gasteiger partial charge on any atom is -0.388 e. The van der Waals surface area contributed by atoms with Crippen molar-refractivity contribution in [3.63, 3.8) is 0 Å². The van der Waals surface area contributed by atoms with Crippen LogP contribution in [0.2, 0.25) is 0 Å². The number of nitrogens with two attached hydrogens (primary N) is 8. The van der Waals surface area contributed by atoms with Gasteiger partial charge in [-0.05, 0) is 0 Å². The van der Waals surface area contributed by atoms with E-state index in [0.717, 1.165) is 0 Å². The molecule has 4 heterocycles. The van der Waals surface area contributed by atoms with Gasteiger partial charge in [0.15, 0.2) is 25.2 Å². The van der Waals surface area contributed by atoms with Gasteiger partial charge in [0.1, 0.15) is 73.2 Å². The fourth-order valence-electron chi connectivity index (χ4n) is 6.09. The average molecular weight is 673 g/mol. The number of hydrogen-bond acceptors (Lipinski definition) is 21. The maximum atomic E-state index is 11.2. The van der Waals surface area contributed by atoms with E-state index in [1.165, 1.54) is 7.11 Å². The average Bonchev–Trinajstić information content (AvgIpc) is 3.05.